The first kappa shape index (κ1) is 14.9. The van der Waals surface area contributed by atoms with Gasteiger partial charge in [-0.1, -0.05) is 6.92 Å². The first-order valence-electron chi connectivity index (χ1n) is 5.87. The van der Waals surface area contributed by atoms with Gasteiger partial charge in [-0.3, -0.25) is 0 Å². The lowest BCUT2D eigenvalue weighted by molar-refractivity contribution is 0.257. The number of aromatic nitrogens is 1. The van der Waals surface area contributed by atoms with Crippen molar-refractivity contribution in [3.05, 3.63) is 18.3 Å². The number of sulfonamides is 1. The van der Waals surface area contributed by atoms with Crippen molar-refractivity contribution in [2.24, 2.45) is 0 Å². The summed E-state index contributed by atoms with van der Waals surface area (Å²) in [5, 5.41) is 11.9. The van der Waals surface area contributed by atoms with E-state index in [1.165, 1.54) is 10.5 Å². The Hall–Kier alpha value is -1.18. The second-order valence-electron chi connectivity index (χ2n) is 3.61. The summed E-state index contributed by atoms with van der Waals surface area (Å²) in [7, 11) is -3.67. The summed E-state index contributed by atoms with van der Waals surface area (Å²) < 4.78 is 25.9. The number of aliphatic hydroxyl groups is 1. The Morgan fingerprint density at radius 3 is 2.72 bits per heavy atom. The lowest BCUT2D eigenvalue weighted by atomic mass is 10.4. The van der Waals surface area contributed by atoms with Crippen LogP contribution in [0.15, 0.2) is 23.4 Å². The van der Waals surface area contributed by atoms with Gasteiger partial charge in [-0.15, -0.1) is 0 Å². The van der Waals surface area contributed by atoms with Crippen LogP contribution in [0.3, 0.4) is 0 Å². The number of aliphatic hydroxyl groups excluding tert-OH is 1. The normalized spacial score (nSPS) is 11.8. The number of nitrogens with zero attached hydrogens (tertiary/aromatic N) is 2. The molecule has 0 unspecified atom stereocenters. The van der Waals surface area contributed by atoms with Gasteiger partial charge in [-0.2, -0.15) is 4.31 Å². The van der Waals surface area contributed by atoms with Gasteiger partial charge in [0, 0.05) is 25.8 Å². The first-order chi connectivity index (χ1) is 8.57. The van der Waals surface area contributed by atoms with Gasteiger partial charge < -0.3 is 10.4 Å². The zero-order valence-electron chi connectivity index (χ0n) is 10.6. The molecule has 1 heterocycles. The Bertz CT molecular complexity index is 476. The molecule has 0 bridgehead atoms. The molecule has 0 aliphatic rings. The molecule has 7 heteroatoms. The van der Waals surface area contributed by atoms with Crippen molar-refractivity contribution < 1.29 is 13.5 Å². The van der Waals surface area contributed by atoms with E-state index in [0.717, 1.165) is 0 Å². The number of pyridine rings is 1. The highest BCUT2D eigenvalue weighted by atomic mass is 32.2. The van der Waals surface area contributed by atoms with Crippen LogP contribution in [-0.2, 0) is 10.0 Å². The minimum Gasteiger partial charge on any atom is -0.395 e. The maximum atomic E-state index is 12.4. The molecular weight excluding hydrogens is 254 g/mol. The summed E-state index contributed by atoms with van der Waals surface area (Å²) in [5.74, 6) is 0. The quantitative estimate of drug-likeness (QED) is 0.756. The molecule has 6 nitrogen and oxygen atoms in total. The highest BCUT2D eigenvalue weighted by molar-refractivity contribution is 7.89. The van der Waals surface area contributed by atoms with Crippen molar-refractivity contribution in [3.8, 4) is 0 Å². The molecule has 0 aliphatic heterocycles. The fourth-order valence-corrected chi connectivity index (χ4v) is 3.12. The van der Waals surface area contributed by atoms with Crippen LogP contribution in [0.25, 0.3) is 0 Å². The predicted molar refractivity (Wildman–Crippen MR) is 69.9 cm³/mol. The predicted octanol–water partition coefficient (Wildman–Crippen LogP) is 0.516. The molecule has 0 spiro atoms. The molecule has 1 aromatic rings. The first-order valence-corrected chi connectivity index (χ1v) is 7.31. The van der Waals surface area contributed by atoms with E-state index in [1.807, 2.05) is 6.92 Å². The third kappa shape index (κ3) is 3.18. The van der Waals surface area contributed by atoms with Crippen LogP contribution in [0.2, 0.25) is 0 Å². The third-order valence-corrected chi connectivity index (χ3v) is 4.36. The highest BCUT2D eigenvalue weighted by Crippen LogP contribution is 2.21. The van der Waals surface area contributed by atoms with Crippen LogP contribution in [-0.4, -0.2) is 49.1 Å². The van der Waals surface area contributed by atoms with E-state index in [2.05, 4.69) is 10.3 Å². The van der Waals surface area contributed by atoms with Gasteiger partial charge in [0.05, 0.1) is 12.3 Å². The van der Waals surface area contributed by atoms with E-state index < -0.39 is 10.0 Å². The van der Waals surface area contributed by atoms with E-state index in [4.69, 9.17) is 5.11 Å². The molecule has 102 valence electrons. The van der Waals surface area contributed by atoms with Crippen LogP contribution in [0.4, 0.5) is 5.69 Å². The molecule has 0 amide bonds. The third-order valence-electron chi connectivity index (χ3n) is 2.42. The Morgan fingerprint density at radius 1 is 1.44 bits per heavy atom. The molecule has 0 radical (unpaired) electrons. The zero-order chi connectivity index (χ0) is 13.6. The number of anilines is 1. The molecule has 0 saturated carbocycles. The molecule has 2 N–H and O–H groups in total. The molecule has 0 aromatic carbocycles. The number of rotatable bonds is 7. The van der Waals surface area contributed by atoms with E-state index in [9.17, 15) is 8.42 Å². The largest absolute Gasteiger partial charge is 0.395 e. The minimum absolute atomic E-state index is 0.00199. The van der Waals surface area contributed by atoms with Crippen molar-refractivity contribution in [3.63, 3.8) is 0 Å². The van der Waals surface area contributed by atoms with Crippen molar-refractivity contribution in [1.82, 2.24) is 9.29 Å². The maximum Gasteiger partial charge on any atom is 0.262 e. The average molecular weight is 273 g/mol. The number of likely N-dealkylation sites (N-methyl/N-ethyl adjacent to an activating group) is 1. The van der Waals surface area contributed by atoms with Crippen LogP contribution in [0, 0.1) is 0 Å². The molecular formula is C11H19N3O3S. The highest BCUT2D eigenvalue weighted by Gasteiger charge is 2.26. The lowest BCUT2D eigenvalue weighted by Gasteiger charge is -2.20. The second-order valence-corrected chi connectivity index (χ2v) is 5.46. The number of hydrogen-bond donors (Lipinski definition) is 2. The van der Waals surface area contributed by atoms with Crippen molar-refractivity contribution in [1.29, 1.82) is 0 Å². The van der Waals surface area contributed by atoms with Gasteiger partial charge in [0.2, 0.25) is 0 Å². The van der Waals surface area contributed by atoms with Gasteiger partial charge in [0.15, 0.2) is 5.03 Å². The van der Waals surface area contributed by atoms with Gasteiger partial charge in [-0.25, -0.2) is 13.4 Å². The van der Waals surface area contributed by atoms with Crippen molar-refractivity contribution in [2.75, 3.05) is 31.6 Å². The topological polar surface area (TPSA) is 82.5 Å². The van der Waals surface area contributed by atoms with Crippen LogP contribution in [0.5, 0.6) is 0 Å². The smallest absolute Gasteiger partial charge is 0.262 e. The number of nitrogens with one attached hydrogen (secondary N) is 1. The molecule has 0 fully saturated rings. The minimum atomic E-state index is -3.67. The molecule has 1 rings (SSSR count). The van der Waals surface area contributed by atoms with E-state index in [-0.39, 0.29) is 18.2 Å². The Morgan fingerprint density at radius 2 is 2.17 bits per heavy atom. The number of hydrogen-bond acceptors (Lipinski definition) is 5. The maximum absolute atomic E-state index is 12.4. The summed E-state index contributed by atoms with van der Waals surface area (Å²) in [5.41, 5.74) is 0.483. The fraction of sp³-hybridized carbons (Fsp3) is 0.545. The van der Waals surface area contributed by atoms with Crippen molar-refractivity contribution >= 4 is 15.7 Å². The SMILES string of the molecule is CCNc1cccnc1S(=O)(=O)N(CC)CCO. The molecule has 0 atom stereocenters. The van der Waals surface area contributed by atoms with Crippen LogP contribution in [0.1, 0.15) is 13.8 Å². The van der Waals surface area contributed by atoms with E-state index in [0.29, 0.717) is 18.8 Å². The average Bonchev–Trinajstić information content (AvgIpc) is 2.36. The monoisotopic (exact) mass is 273 g/mol. The Labute approximate surface area is 108 Å². The summed E-state index contributed by atoms with van der Waals surface area (Å²) in [6, 6.07) is 3.36. The standard InChI is InChI=1S/C11H19N3O3S/c1-3-12-10-6-5-7-13-11(10)18(16,17)14(4-2)8-9-15/h5-7,12,15H,3-4,8-9H2,1-2H3. The van der Waals surface area contributed by atoms with E-state index >= 15 is 0 Å². The van der Waals surface area contributed by atoms with Crippen molar-refractivity contribution in [2.45, 2.75) is 18.9 Å². The van der Waals surface area contributed by atoms with Gasteiger partial charge >= 0.3 is 0 Å². The van der Waals surface area contributed by atoms with E-state index in [1.54, 1.807) is 19.1 Å². The lowest BCUT2D eigenvalue weighted by Crippen LogP contribution is -2.34. The van der Waals surface area contributed by atoms with Crippen LogP contribution < -0.4 is 5.32 Å². The molecule has 0 aliphatic carbocycles. The van der Waals surface area contributed by atoms with Gasteiger partial charge in [0.25, 0.3) is 10.0 Å². The zero-order valence-corrected chi connectivity index (χ0v) is 11.4. The summed E-state index contributed by atoms with van der Waals surface area (Å²) >= 11 is 0. The Kier molecular flexibility index (Phi) is 5.52. The summed E-state index contributed by atoms with van der Waals surface area (Å²) in [6.07, 6.45) is 1.44. The van der Waals surface area contributed by atoms with Gasteiger partial charge in [0.1, 0.15) is 0 Å². The second kappa shape index (κ2) is 6.67. The Balaban J connectivity index is 3.18. The summed E-state index contributed by atoms with van der Waals surface area (Å²) in [6.45, 7) is 4.38. The molecule has 0 saturated heterocycles. The molecule has 1 aromatic heterocycles. The fourth-order valence-electron chi connectivity index (χ4n) is 1.60. The van der Waals surface area contributed by atoms with Crippen LogP contribution >= 0.6 is 0 Å². The van der Waals surface area contributed by atoms with Gasteiger partial charge in [-0.05, 0) is 19.1 Å². The summed E-state index contributed by atoms with van der Waals surface area (Å²) in [4.78, 5) is 3.95. The molecule has 18 heavy (non-hydrogen) atoms.